The maximum Gasteiger partial charge on any atom is 0.259 e. The number of amides is 1. The van der Waals surface area contributed by atoms with E-state index in [1.54, 1.807) is 36.4 Å². The summed E-state index contributed by atoms with van der Waals surface area (Å²) in [6.07, 6.45) is 1.43. The zero-order valence-corrected chi connectivity index (χ0v) is 13.7. The number of nitrogens with zero attached hydrogens (tertiary/aromatic N) is 1. The lowest BCUT2D eigenvalue weighted by Crippen LogP contribution is -2.25. The molecule has 114 valence electrons. The number of nitrogens with one attached hydrogen (secondary N) is 2. The molecule has 0 bridgehead atoms. The number of carbonyl (C=O) groups excluding carboxylic acids is 1. The highest BCUT2D eigenvalue weighted by molar-refractivity contribution is 9.10. The van der Waals surface area contributed by atoms with Crippen molar-refractivity contribution >= 4 is 45.3 Å². The van der Waals surface area contributed by atoms with E-state index in [0.717, 1.165) is 5.69 Å². The molecule has 22 heavy (non-hydrogen) atoms. The summed E-state index contributed by atoms with van der Waals surface area (Å²) in [5.74, 6) is -0.652. The summed E-state index contributed by atoms with van der Waals surface area (Å²) in [5.41, 5.74) is 3.83. The van der Waals surface area contributed by atoms with Crippen molar-refractivity contribution in [1.82, 2.24) is 5.43 Å². The Balaban J connectivity index is 1.80. The summed E-state index contributed by atoms with van der Waals surface area (Å²) < 4.78 is 13.4. The molecule has 4 nitrogen and oxygen atoms in total. The van der Waals surface area contributed by atoms with Gasteiger partial charge in [-0.05, 0) is 57.9 Å². The minimum Gasteiger partial charge on any atom is -0.376 e. The maximum absolute atomic E-state index is 13.1. The Morgan fingerprint density at radius 3 is 2.68 bits per heavy atom. The number of halogens is 3. The molecule has 2 rings (SSSR count). The minimum absolute atomic E-state index is 0.0755. The van der Waals surface area contributed by atoms with Crippen LogP contribution in [0, 0.1) is 5.82 Å². The number of hydrogen-bond acceptors (Lipinski definition) is 3. The SMILES string of the molecule is O=C(CNc1ccc(Cl)cc1)NN=Cc1ccc(F)c(Br)c1. The molecule has 0 radical (unpaired) electrons. The van der Waals surface area contributed by atoms with Crippen molar-refractivity contribution in [3.8, 4) is 0 Å². The van der Waals surface area contributed by atoms with Gasteiger partial charge in [0.1, 0.15) is 5.82 Å². The first-order chi connectivity index (χ1) is 10.5. The van der Waals surface area contributed by atoms with Crippen molar-refractivity contribution < 1.29 is 9.18 Å². The Bertz CT molecular complexity index is 692. The van der Waals surface area contributed by atoms with Crippen LogP contribution in [0.15, 0.2) is 52.0 Å². The fourth-order valence-electron chi connectivity index (χ4n) is 1.56. The van der Waals surface area contributed by atoms with E-state index in [9.17, 15) is 9.18 Å². The van der Waals surface area contributed by atoms with Crippen LogP contribution in [-0.4, -0.2) is 18.7 Å². The molecule has 0 atom stereocenters. The molecule has 2 aromatic carbocycles. The van der Waals surface area contributed by atoms with E-state index in [1.165, 1.54) is 12.3 Å². The van der Waals surface area contributed by atoms with Gasteiger partial charge in [-0.15, -0.1) is 0 Å². The Kier molecular flexibility index (Phi) is 5.91. The molecule has 2 aromatic rings. The monoisotopic (exact) mass is 383 g/mol. The zero-order valence-electron chi connectivity index (χ0n) is 11.3. The molecule has 0 aliphatic carbocycles. The van der Waals surface area contributed by atoms with Gasteiger partial charge < -0.3 is 5.32 Å². The number of anilines is 1. The van der Waals surface area contributed by atoms with Gasteiger partial charge in [-0.3, -0.25) is 4.79 Å². The molecule has 7 heteroatoms. The molecule has 0 saturated heterocycles. The largest absolute Gasteiger partial charge is 0.376 e. The van der Waals surface area contributed by atoms with Crippen LogP contribution in [0.3, 0.4) is 0 Å². The summed E-state index contributed by atoms with van der Waals surface area (Å²) >= 11 is 8.85. The van der Waals surface area contributed by atoms with Gasteiger partial charge >= 0.3 is 0 Å². The van der Waals surface area contributed by atoms with E-state index in [1.807, 2.05) is 0 Å². The Hall–Kier alpha value is -1.92. The molecule has 0 spiro atoms. The third-order valence-corrected chi connectivity index (χ3v) is 3.50. The molecule has 1 amide bonds. The number of hydrazone groups is 1. The van der Waals surface area contributed by atoms with Gasteiger partial charge in [0.05, 0.1) is 17.2 Å². The van der Waals surface area contributed by atoms with E-state index in [-0.39, 0.29) is 18.3 Å². The van der Waals surface area contributed by atoms with E-state index in [4.69, 9.17) is 11.6 Å². The molecule has 0 aromatic heterocycles. The maximum atomic E-state index is 13.1. The fourth-order valence-corrected chi connectivity index (χ4v) is 2.08. The van der Waals surface area contributed by atoms with Gasteiger partial charge in [0.15, 0.2) is 0 Å². The highest BCUT2D eigenvalue weighted by Gasteiger charge is 2.00. The minimum atomic E-state index is -0.353. The van der Waals surface area contributed by atoms with Gasteiger partial charge in [-0.2, -0.15) is 5.10 Å². The molecule has 0 aliphatic heterocycles. The number of hydrogen-bond donors (Lipinski definition) is 2. The Morgan fingerprint density at radius 1 is 1.27 bits per heavy atom. The van der Waals surface area contributed by atoms with Crippen LogP contribution in [0.1, 0.15) is 5.56 Å². The Labute approximate surface area is 140 Å². The number of carbonyl (C=O) groups is 1. The van der Waals surface area contributed by atoms with Crippen molar-refractivity contribution in [1.29, 1.82) is 0 Å². The topological polar surface area (TPSA) is 53.5 Å². The van der Waals surface area contributed by atoms with Crippen molar-refractivity contribution in [2.45, 2.75) is 0 Å². The lowest BCUT2D eigenvalue weighted by Gasteiger charge is -2.05. The van der Waals surface area contributed by atoms with Crippen LogP contribution < -0.4 is 10.7 Å². The number of rotatable bonds is 5. The average Bonchev–Trinajstić information content (AvgIpc) is 2.50. The third kappa shape index (κ3) is 5.13. The van der Waals surface area contributed by atoms with E-state index >= 15 is 0 Å². The average molecular weight is 385 g/mol. The quantitative estimate of drug-likeness (QED) is 0.608. The summed E-state index contributed by atoms with van der Waals surface area (Å²) in [6.45, 7) is 0.0755. The zero-order chi connectivity index (χ0) is 15.9. The van der Waals surface area contributed by atoms with Crippen molar-refractivity contribution in [3.05, 3.63) is 63.3 Å². The highest BCUT2D eigenvalue weighted by atomic mass is 79.9. The first kappa shape index (κ1) is 16.5. The molecule has 0 unspecified atom stereocenters. The van der Waals surface area contributed by atoms with Crippen LogP contribution in [0.4, 0.5) is 10.1 Å². The predicted octanol–water partition coefficient (Wildman–Crippen LogP) is 3.80. The fraction of sp³-hybridized carbons (Fsp3) is 0.0667. The lowest BCUT2D eigenvalue weighted by atomic mass is 10.2. The summed E-state index contributed by atoms with van der Waals surface area (Å²) in [5, 5.41) is 7.37. The molecular formula is C15H12BrClFN3O. The second-order valence-electron chi connectivity index (χ2n) is 4.33. The summed E-state index contributed by atoms with van der Waals surface area (Å²) in [4.78, 5) is 11.6. The standard InChI is InChI=1S/C15H12BrClFN3O/c16-13-7-10(1-6-14(13)18)8-20-21-15(22)9-19-12-4-2-11(17)3-5-12/h1-8,19H,9H2,(H,21,22). The summed E-state index contributed by atoms with van der Waals surface area (Å²) in [7, 11) is 0. The van der Waals surface area contributed by atoms with Crippen molar-refractivity contribution in [3.63, 3.8) is 0 Å². The van der Waals surface area contributed by atoms with Gasteiger partial charge in [-0.25, -0.2) is 9.82 Å². The van der Waals surface area contributed by atoms with Gasteiger partial charge in [0.2, 0.25) is 0 Å². The molecule has 0 heterocycles. The molecular weight excluding hydrogens is 373 g/mol. The van der Waals surface area contributed by atoms with Gasteiger partial charge in [0, 0.05) is 10.7 Å². The van der Waals surface area contributed by atoms with Crippen LogP contribution in [0.2, 0.25) is 5.02 Å². The normalized spacial score (nSPS) is 10.7. The smallest absolute Gasteiger partial charge is 0.259 e. The van der Waals surface area contributed by atoms with Crippen molar-refractivity contribution in [2.75, 3.05) is 11.9 Å². The summed E-state index contributed by atoms with van der Waals surface area (Å²) in [6, 6.07) is 11.4. The van der Waals surface area contributed by atoms with Crippen LogP contribution >= 0.6 is 27.5 Å². The van der Waals surface area contributed by atoms with E-state index < -0.39 is 0 Å². The molecule has 2 N–H and O–H groups in total. The Morgan fingerprint density at radius 2 is 2.00 bits per heavy atom. The number of benzene rings is 2. The first-order valence-electron chi connectivity index (χ1n) is 6.31. The van der Waals surface area contributed by atoms with Gasteiger partial charge in [-0.1, -0.05) is 17.7 Å². The third-order valence-electron chi connectivity index (χ3n) is 2.64. The van der Waals surface area contributed by atoms with Crippen LogP contribution in [-0.2, 0) is 4.79 Å². The second kappa shape index (κ2) is 7.91. The van der Waals surface area contributed by atoms with Crippen LogP contribution in [0.5, 0.6) is 0 Å². The van der Waals surface area contributed by atoms with Crippen LogP contribution in [0.25, 0.3) is 0 Å². The lowest BCUT2D eigenvalue weighted by molar-refractivity contribution is -0.119. The van der Waals surface area contributed by atoms with Gasteiger partial charge in [0.25, 0.3) is 5.91 Å². The predicted molar refractivity (Wildman–Crippen MR) is 89.8 cm³/mol. The second-order valence-corrected chi connectivity index (χ2v) is 5.62. The first-order valence-corrected chi connectivity index (χ1v) is 7.48. The molecule has 0 saturated carbocycles. The molecule has 0 fully saturated rings. The van der Waals surface area contributed by atoms with E-state index in [0.29, 0.717) is 15.1 Å². The highest BCUT2D eigenvalue weighted by Crippen LogP contribution is 2.15. The van der Waals surface area contributed by atoms with Crippen molar-refractivity contribution in [2.24, 2.45) is 5.10 Å². The molecule has 0 aliphatic rings. The van der Waals surface area contributed by atoms with E-state index in [2.05, 4.69) is 31.8 Å².